The molecule has 0 aromatic heterocycles. The van der Waals surface area contributed by atoms with E-state index in [-0.39, 0.29) is 18.0 Å². The van der Waals surface area contributed by atoms with Crippen LogP contribution in [0.25, 0.3) is 0 Å². The molecule has 0 N–H and O–H groups in total. The van der Waals surface area contributed by atoms with Gasteiger partial charge in [0.1, 0.15) is 13.2 Å². The molecule has 6 nitrogen and oxygen atoms in total. The fourth-order valence-corrected chi connectivity index (χ4v) is 3.43. The first-order chi connectivity index (χ1) is 13.2. The molecule has 0 saturated heterocycles. The molecular weight excluding hydrogens is 348 g/mol. The summed E-state index contributed by atoms with van der Waals surface area (Å²) < 4.78 is 21.5. The van der Waals surface area contributed by atoms with Crippen LogP contribution in [0, 0.1) is 0 Å². The molecule has 1 aliphatic carbocycles. The van der Waals surface area contributed by atoms with E-state index >= 15 is 0 Å². The highest BCUT2D eigenvalue weighted by Crippen LogP contribution is 2.40. The van der Waals surface area contributed by atoms with Gasteiger partial charge < -0.3 is 18.9 Å². The molecular formula is C21H20O6. The van der Waals surface area contributed by atoms with Gasteiger partial charge in [0.2, 0.25) is 5.75 Å². The van der Waals surface area contributed by atoms with Crippen molar-refractivity contribution >= 4 is 11.8 Å². The summed E-state index contributed by atoms with van der Waals surface area (Å²) in [4.78, 5) is 24.8. The average Bonchev–Trinajstić information content (AvgIpc) is 3.18. The number of esters is 1. The number of carbonyl (C=O) groups is 2. The molecule has 2 aromatic carbocycles. The number of ketones is 1. The Kier molecular flexibility index (Phi) is 4.71. The van der Waals surface area contributed by atoms with Crippen molar-refractivity contribution in [1.82, 2.24) is 0 Å². The third kappa shape index (κ3) is 3.47. The highest BCUT2D eigenvalue weighted by Gasteiger charge is 2.22. The highest BCUT2D eigenvalue weighted by atomic mass is 16.6. The third-order valence-electron chi connectivity index (χ3n) is 4.82. The summed E-state index contributed by atoms with van der Waals surface area (Å²) in [5.41, 5.74) is 3.33. The predicted molar refractivity (Wildman–Crippen MR) is 97.1 cm³/mol. The van der Waals surface area contributed by atoms with Crippen molar-refractivity contribution < 1.29 is 28.5 Å². The number of rotatable bonds is 5. The quantitative estimate of drug-likeness (QED) is 0.597. The Hall–Kier alpha value is -3.02. The molecule has 2 aromatic rings. The summed E-state index contributed by atoms with van der Waals surface area (Å²) >= 11 is 0. The zero-order valence-corrected chi connectivity index (χ0v) is 15.1. The Morgan fingerprint density at radius 1 is 1.00 bits per heavy atom. The molecule has 0 unspecified atom stereocenters. The first-order valence-electron chi connectivity index (χ1n) is 8.95. The topological polar surface area (TPSA) is 71.1 Å². The second-order valence-electron chi connectivity index (χ2n) is 6.54. The smallest absolute Gasteiger partial charge is 0.338 e. The fraction of sp³-hybridized carbons (Fsp3) is 0.333. The zero-order chi connectivity index (χ0) is 18.8. The van der Waals surface area contributed by atoms with E-state index in [1.54, 1.807) is 12.1 Å². The molecule has 0 fully saturated rings. The van der Waals surface area contributed by atoms with Crippen LogP contribution in [0.4, 0.5) is 0 Å². The van der Waals surface area contributed by atoms with Crippen molar-refractivity contribution in [3.63, 3.8) is 0 Å². The molecule has 0 radical (unpaired) electrons. The van der Waals surface area contributed by atoms with Crippen LogP contribution in [-0.2, 0) is 17.6 Å². The van der Waals surface area contributed by atoms with Crippen LogP contribution in [0.3, 0.4) is 0 Å². The summed E-state index contributed by atoms with van der Waals surface area (Å²) in [6.45, 7) is 0.502. The lowest BCUT2D eigenvalue weighted by Crippen LogP contribution is -2.18. The van der Waals surface area contributed by atoms with Gasteiger partial charge in [0.05, 0.1) is 12.7 Å². The van der Waals surface area contributed by atoms with Crippen molar-refractivity contribution in [2.45, 2.75) is 19.3 Å². The maximum absolute atomic E-state index is 12.4. The summed E-state index contributed by atoms with van der Waals surface area (Å²) in [5.74, 6) is 0.457. The maximum Gasteiger partial charge on any atom is 0.338 e. The van der Waals surface area contributed by atoms with E-state index in [2.05, 4.69) is 0 Å². The SMILES string of the molecule is COc1cc(C(=O)OCC(=O)c2ccc3c(c2)CCC3)cc2c1OCCO2. The number of aryl methyl sites for hydroxylation is 2. The van der Waals surface area contributed by atoms with E-state index in [1.807, 2.05) is 12.1 Å². The van der Waals surface area contributed by atoms with Crippen LogP contribution in [0.1, 0.15) is 38.3 Å². The maximum atomic E-state index is 12.4. The third-order valence-corrected chi connectivity index (χ3v) is 4.82. The largest absolute Gasteiger partial charge is 0.493 e. The van der Waals surface area contributed by atoms with Crippen LogP contribution in [0.2, 0.25) is 0 Å². The second kappa shape index (κ2) is 7.31. The molecule has 0 amide bonds. The molecule has 0 saturated carbocycles. The van der Waals surface area contributed by atoms with Gasteiger partial charge in [0, 0.05) is 5.56 Å². The Morgan fingerprint density at radius 3 is 2.67 bits per heavy atom. The van der Waals surface area contributed by atoms with Gasteiger partial charge in [0.25, 0.3) is 0 Å². The van der Waals surface area contributed by atoms with Gasteiger partial charge >= 0.3 is 5.97 Å². The van der Waals surface area contributed by atoms with Gasteiger partial charge in [-0.1, -0.05) is 12.1 Å². The Balaban J connectivity index is 1.45. The van der Waals surface area contributed by atoms with E-state index in [0.29, 0.717) is 36.0 Å². The van der Waals surface area contributed by atoms with Gasteiger partial charge in [-0.05, 0) is 48.6 Å². The van der Waals surface area contributed by atoms with Gasteiger partial charge in [-0.3, -0.25) is 4.79 Å². The number of Topliss-reactive ketones (excluding diaryl/α,β-unsaturated/α-hetero) is 1. The Labute approximate surface area is 157 Å². The molecule has 0 atom stereocenters. The number of hydrogen-bond acceptors (Lipinski definition) is 6. The number of benzene rings is 2. The zero-order valence-electron chi connectivity index (χ0n) is 15.1. The summed E-state index contributed by atoms with van der Waals surface area (Å²) in [7, 11) is 1.49. The molecule has 140 valence electrons. The lowest BCUT2D eigenvalue weighted by atomic mass is 10.0. The van der Waals surface area contributed by atoms with Gasteiger partial charge in [0.15, 0.2) is 23.9 Å². The normalized spacial score (nSPS) is 14.4. The first kappa shape index (κ1) is 17.4. The number of hydrogen-bond donors (Lipinski definition) is 0. The molecule has 1 aliphatic heterocycles. The van der Waals surface area contributed by atoms with E-state index < -0.39 is 5.97 Å². The monoisotopic (exact) mass is 368 g/mol. The van der Waals surface area contributed by atoms with Crippen LogP contribution < -0.4 is 14.2 Å². The van der Waals surface area contributed by atoms with Crippen LogP contribution >= 0.6 is 0 Å². The fourth-order valence-electron chi connectivity index (χ4n) is 3.43. The highest BCUT2D eigenvalue weighted by molar-refractivity contribution is 5.99. The first-order valence-corrected chi connectivity index (χ1v) is 8.95. The molecule has 27 heavy (non-hydrogen) atoms. The number of fused-ring (bicyclic) bond motifs is 2. The van der Waals surface area contributed by atoms with Crippen molar-refractivity contribution in [2.24, 2.45) is 0 Å². The number of methoxy groups -OCH3 is 1. The summed E-state index contributed by atoms with van der Waals surface area (Å²) in [5, 5.41) is 0. The van der Waals surface area contributed by atoms with Crippen molar-refractivity contribution in [2.75, 3.05) is 26.9 Å². The lowest BCUT2D eigenvalue weighted by molar-refractivity contribution is 0.0473. The van der Waals surface area contributed by atoms with Crippen molar-refractivity contribution in [3.05, 3.63) is 52.6 Å². The predicted octanol–water partition coefficient (Wildman–Crippen LogP) is 2.99. The molecule has 0 bridgehead atoms. The summed E-state index contributed by atoms with van der Waals surface area (Å²) in [6.07, 6.45) is 3.17. The van der Waals surface area contributed by atoms with Crippen molar-refractivity contribution in [1.29, 1.82) is 0 Å². The van der Waals surface area contributed by atoms with Gasteiger partial charge in [-0.15, -0.1) is 0 Å². The van der Waals surface area contributed by atoms with E-state index in [1.165, 1.54) is 24.3 Å². The van der Waals surface area contributed by atoms with Crippen LogP contribution in [-0.4, -0.2) is 38.7 Å². The van der Waals surface area contributed by atoms with Gasteiger partial charge in [-0.2, -0.15) is 0 Å². The number of ether oxygens (including phenoxy) is 4. The van der Waals surface area contributed by atoms with Crippen LogP contribution in [0.5, 0.6) is 17.2 Å². The standard InChI is InChI=1S/C21H20O6/c1-24-18-10-16(11-19-20(18)26-8-7-25-19)21(23)27-12-17(22)15-6-5-13-3-2-4-14(13)9-15/h5-6,9-11H,2-4,7-8,12H2,1H3. The molecule has 0 spiro atoms. The summed E-state index contributed by atoms with van der Waals surface area (Å²) in [6, 6.07) is 8.76. The van der Waals surface area contributed by atoms with E-state index in [9.17, 15) is 9.59 Å². The molecule has 6 heteroatoms. The molecule has 2 aliphatic rings. The minimum absolute atomic E-state index is 0.220. The second-order valence-corrected chi connectivity index (χ2v) is 6.54. The average molecular weight is 368 g/mol. The van der Waals surface area contributed by atoms with Gasteiger partial charge in [-0.25, -0.2) is 4.79 Å². The van der Waals surface area contributed by atoms with E-state index in [4.69, 9.17) is 18.9 Å². The van der Waals surface area contributed by atoms with Crippen LogP contribution in [0.15, 0.2) is 30.3 Å². The molecule has 4 rings (SSSR count). The lowest BCUT2D eigenvalue weighted by Gasteiger charge is -2.21. The minimum atomic E-state index is -0.611. The molecule has 1 heterocycles. The number of carbonyl (C=O) groups excluding carboxylic acids is 2. The van der Waals surface area contributed by atoms with Crippen molar-refractivity contribution in [3.8, 4) is 17.2 Å². The Bertz CT molecular complexity index is 885. The van der Waals surface area contributed by atoms with E-state index in [0.717, 1.165) is 19.3 Å². The minimum Gasteiger partial charge on any atom is -0.493 e. The Morgan fingerprint density at radius 2 is 1.81 bits per heavy atom.